The summed E-state index contributed by atoms with van der Waals surface area (Å²) in [6, 6.07) is 0. The zero-order valence-electron chi connectivity index (χ0n) is 16.7. The zero-order chi connectivity index (χ0) is 21.1. The molecular formula is C22H26F2O5. The third-order valence-electron chi connectivity index (χ3n) is 9.15. The number of rotatable bonds is 2. The number of allylic oxidation sites excluding steroid dienone is 2. The van der Waals surface area contributed by atoms with Crippen LogP contribution in [-0.2, 0) is 14.3 Å². The molecule has 0 aromatic carbocycles. The van der Waals surface area contributed by atoms with Crippen LogP contribution in [0.4, 0.5) is 8.78 Å². The van der Waals surface area contributed by atoms with Crippen LogP contribution in [0.15, 0.2) is 23.6 Å². The predicted molar refractivity (Wildman–Crippen MR) is 98.0 cm³/mol. The van der Waals surface area contributed by atoms with Crippen LogP contribution in [0.2, 0.25) is 0 Å². The summed E-state index contributed by atoms with van der Waals surface area (Å²) in [4.78, 5) is 24.5. The van der Waals surface area contributed by atoms with Crippen LogP contribution in [0, 0.1) is 28.6 Å². The van der Waals surface area contributed by atoms with E-state index in [-0.39, 0.29) is 29.9 Å². The van der Waals surface area contributed by atoms with Crippen molar-refractivity contribution in [1.29, 1.82) is 0 Å². The van der Waals surface area contributed by atoms with E-state index in [1.54, 1.807) is 19.9 Å². The fourth-order valence-electron chi connectivity index (χ4n) is 7.78. The standard InChI is InChI=1S/C22H26F2O5/c1-10-6-11-12-7-13(23)17-18(24)14(26)4-5-19(17,2)22(12)16(29-22)8-20(11,3)21(10,28)15(27)9-25/h4-5,10-13,16,25,28H,6-9H2,1-3H3/t10?,11-,12-,13?,16?,19-,20-,21-,22-/m0/s1. The number of ketones is 2. The second-order valence-corrected chi connectivity index (χ2v) is 10.0. The highest BCUT2D eigenvalue weighted by molar-refractivity contribution is 6.04. The number of halogens is 2. The molecule has 7 heteroatoms. The SMILES string of the molecule is CC1C[C@H]2[C@@H]3CC(F)C4=C(F)C(=O)C=C[C@]4(C)[C@]34OC4C[C@]2(C)[C@@]1(O)C(=O)CO. The molecule has 3 unspecified atom stereocenters. The van der Waals surface area contributed by atoms with Crippen LogP contribution in [-0.4, -0.2) is 51.9 Å². The molecule has 0 bridgehead atoms. The van der Waals surface area contributed by atoms with Gasteiger partial charge in [0.25, 0.3) is 0 Å². The quantitative estimate of drug-likeness (QED) is 0.684. The Morgan fingerprint density at radius 3 is 2.66 bits per heavy atom. The first-order valence-electron chi connectivity index (χ1n) is 10.3. The van der Waals surface area contributed by atoms with Gasteiger partial charge in [0, 0.05) is 16.4 Å². The lowest BCUT2D eigenvalue weighted by Crippen LogP contribution is -2.63. The lowest BCUT2D eigenvalue weighted by molar-refractivity contribution is -0.166. The number of hydrogen-bond acceptors (Lipinski definition) is 5. The van der Waals surface area contributed by atoms with Crippen molar-refractivity contribution in [2.24, 2.45) is 28.6 Å². The largest absolute Gasteiger partial charge is 0.388 e. The predicted octanol–water partition coefficient (Wildman–Crippen LogP) is 2.21. The molecule has 29 heavy (non-hydrogen) atoms. The Bertz CT molecular complexity index is 898. The average molecular weight is 408 g/mol. The molecule has 0 amide bonds. The summed E-state index contributed by atoms with van der Waals surface area (Å²) >= 11 is 0. The molecule has 1 saturated heterocycles. The number of epoxide rings is 1. The van der Waals surface area contributed by atoms with Gasteiger partial charge < -0.3 is 14.9 Å². The van der Waals surface area contributed by atoms with Crippen molar-refractivity contribution in [2.75, 3.05) is 6.61 Å². The van der Waals surface area contributed by atoms with Crippen molar-refractivity contribution in [3.05, 3.63) is 23.6 Å². The number of aliphatic hydroxyl groups is 2. The maximum atomic E-state index is 15.3. The maximum absolute atomic E-state index is 15.3. The van der Waals surface area contributed by atoms with Crippen LogP contribution >= 0.6 is 0 Å². The van der Waals surface area contributed by atoms with Crippen molar-refractivity contribution in [1.82, 2.24) is 0 Å². The van der Waals surface area contributed by atoms with Crippen molar-refractivity contribution < 1.29 is 33.3 Å². The van der Waals surface area contributed by atoms with Gasteiger partial charge in [-0.15, -0.1) is 0 Å². The van der Waals surface area contributed by atoms with Gasteiger partial charge in [0.05, 0.1) is 6.10 Å². The van der Waals surface area contributed by atoms with Crippen LogP contribution in [0.5, 0.6) is 0 Å². The van der Waals surface area contributed by atoms with Gasteiger partial charge in [-0.05, 0) is 50.0 Å². The highest BCUT2D eigenvalue weighted by Crippen LogP contribution is 2.76. The summed E-state index contributed by atoms with van der Waals surface area (Å²) < 4.78 is 36.2. The molecular weight excluding hydrogens is 382 g/mol. The molecule has 9 atom stereocenters. The number of Topliss-reactive ketones (excluding diaryl/α,β-unsaturated/α-hetero) is 1. The van der Waals surface area contributed by atoms with E-state index in [1.807, 2.05) is 6.92 Å². The average Bonchev–Trinajstić information content (AvgIpc) is 3.35. The molecule has 4 fully saturated rings. The molecule has 1 spiro atoms. The van der Waals surface area contributed by atoms with Crippen LogP contribution in [0.25, 0.3) is 0 Å². The Kier molecular flexibility index (Phi) is 3.65. The third kappa shape index (κ3) is 1.87. The number of fused-ring (bicyclic) bond motifs is 3. The number of carbonyl (C=O) groups excluding carboxylic acids is 2. The van der Waals surface area contributed by atoms with Gasteiger partial charge in [-0.1, -0.05) is 19.9 Å². The number of aliphatic hydroxyl groups excluding tert-OH is 1. The van der Waals surface area contributed by atoms with E-state index in [1.165, 1.54) is 0 Å². The van der Waals surface area contributed by atoms with Gasteiger partial charge in [0.1, 0.15) is 24.0 Å². The van der Waals surface area contributed by atoms with Crippen LogP contribution < -0.4 is 0 Å². The number of hydrogen-bond donors (Lipinski definition) is 2. The number of carbonyl (C=O) groups is 2. The molecule has 5 aliphatic rings. The Morgan fingerprint density at radius 2 is 2.00 bits per heavy atom. The first-order valence-corrected chi connectivity index (χ1v) is 10.3. The Morgan fingerprint density at radius 1 is 1.31 bits per heavy atom. The molecule has 0 radical (unpaired) electrons. The lowest BCUT2D eigenvalue weighted by Gasteiger charge is -2.56. The lowest BCUT2D eigenvalue weighted by atomic mass is 9.46. The van der Waals surface area contributed by atoms with E-state index in [0.717, 1.165) is 6.08 Å². The van der Waals surface area contributed by atoms with E-state index >= 15 is 4.39 Å². The van der Waals surface area contributed by atoms with Crippen molar-refractivity contribution in [3.8, 4) is 0 Å². The minimum absolute atomic E-state index is 0.00760. The molecule has 1 heterocycles. The number of ether oxygens (including phenoxy) is 1. The van der Waals surface area contributed by atoms with E-state index in [4.69, 9.17) is 4.74 Å². The molecule has 5 rings (SSSR count). The van der Waals surface area contributed by atoms with Gasteiger partial charge in [-0.25, -0.2) is 8.78 Å². The van der Waals surface area contributed by atoms with Gasteiger partial charge >= 0.3 is 0 Å². The summed E-state index contributed by atoms with van der Waals surface area (Å²) in [5.41, 5.74) is -4.62. The highest BCUT2D eigenvalue weighted by Gasteiger charge is 2.83. The summed E-state index contributed by atoms with van der Waals surface area (Å²) in [6.07, 6.45) is 1.59. The van der Waals surface area contributed by atoms with Crippen LogP contribution in [0.3, 0.4) is 0 Å². The van der Waals surface area contributed by atoms with E-state index in [9.17, 15) is 24.2 Å². The Balaban J connectivity index is 1.64. The first-order chi connectivity index (χ1) is 13.5. The molecule has 0 aromatic heterocycles. The fourth-order valence-corrected chi connectivity index (χ4v) is 7.78. The van der Waals surface area contributed by atoms with Crippen molar-refractivity contribution in [3.63, 3.8) is 0 Å². The molecule has 3 saturated carbocycles. The van der Waals surface area contributed by atoms with Gasteiger partial charge in [0.15, 0.2) is 11.6 Å². The second kappa shape index (κ2) is 5.42. The zero-order valence-corrected chi connectivity index (χ0v) is 16.7. The van der Waals surface area contributed by atoms with Crippen molar-refractivity contribution >= 4 is 11.6 Å². The van der Waals surface area contributed by atoms with Crippen molar-refractivity contribution in [2.45, 2.75) is 63.5 Å². The highest BCUT2D eigenvalue weighted by atomic mass is 19.1. The van der Waals surface area contributed by atoms with E-state index < -0.39 is 58.1 Å². The monoisotopic (exact) mass is 408 g/mol. The third-order valence-corrected chi connectivity index (χ3v) is 9.15. The van der Waals surface area contributed by atoms with Gasteiger partial charge in [-0.3, -0.25) is 9.59 Å². The Labute approximate surface area is 167 Å². The van der Waals surface area contributed by atoms with Crippen LogP contribution in [0.1, 0.15) is 40.0 Å². The fraction of sp³-hybridized carbons (Fsp3) is 0.727. The minimum Gasteiger partial charge on any atom is -0.388 e. The summed E-state index contributed by atoms with van der Waals surface area (Å²) in [7, 11) is 0. The molecule has 1 aliphatic heterocycles. The van der Waals surface area contributed by atoms with Gasteiger partial charge in [0.2, 0.25) is 5.78 Å². The molecule has 158 valence electrons. The molecule has 0 aromatic rings. The minimum atomic E-state index is -1.71. The Hall–Kier alpha value is -1.44. The smallest absolute Gasteiger partial charge is 0.213 e. The maximum Gasteiger partial charge on any atom is 0.213 e. The number of alkyl halides is 1. The molecule has 5 nitrogen and oxygen atoms in total. The summed E-state index contributed by atoms with van der Waals surface area (Å²) in [6.45, 7) is 4.60. The van der Waals surface area contributed by atoms with E-state index in [2.05, 4.69) is 0 Å². The molecule has 4 aliphatic carbocycles. The topological polar surface area (TPSA) is 87.1 Å². The first kappa shape index (κ1) is 19.5. The normalized spacial score (nSPS) is 55.1. The molecule has 2 N–H and O–H groups in total. The summed E-state index contributed by atoms with van der Waals surface area (Å²) in [5.74, 6) is -3.40. The van der Waals surface area contributed by atoms with Gasteiger partial charge in [-0.2, -0.15) is 0 Å². The summed E-state index contributed by atoms with van der Waals surface area (Å²) in [5, 5.41) is 21.0. The second-order valence-electron chi connectivity index (χ2n) is 10.0. The van der Waals surface area contributed by atoms with E-state index in [0.29, 0.717) is 12.8 Å².